The van der Waals surface area contributed by atoms with Crippen molar-refractivity contribution in [1.29, 1.82) is 0 Å². The monoisotopic (exact) mass is 322 g/mol. The van der Waals surface area contributed by atoms with E-state index in [9.17, 15) is 0 Å². The Hall–Kier alpha value is -1.36. The summed E-state index contributed by atoms with van der Waals surface area (Å²) in [6.07, 6.45) is 0.558. The Bertz CT molecular complexity index is 555. The molecule has 100 valence electrons. The molecular formula is C15H15BrO3. The van der Waals surface area contributed by atoms with Crippen LogP contribution < -0.4 is 4.74 Å². The van der Waals surface area contributed by atoms with Crippen LogP contribution in [0.25, 0.3) is 0 Å². The molecule has 2 rings (SSSR count). The van der Waals surface area contributed by atoms with E-state index in [-0.39, 0.29) is 13.2 Å². The van der Waals surface area contributed by atoms with Gasteiger partial charge in [-0.1, -0.05) is 24.3 Å². The Balaban J connectivity index is 2.26. The molecule has 0 radical (unpaired) electrons. The molecule has 0 aliphatic rings. The predicted octanol–water partition coefficient (Wildman–Crippen LogP) is 3.27. The second-order valence-electron chi connectivity index (χ2n) is 4.11. The number of aliphatic hydroxyl groups excluding tert-OH is 2. The van der Waals surface area contributed by atoms with Crippen molar-refractivity contribution < 1.29 is 14.9 Å². The van der Waals surface area contributed by atoms with Gasteiger partial charge in [0.15, 0.2) is 0 Å². The lowest BCUT2D eigenvalue weighted by Gasteiger charge is -2.12. The van der Waals surface area contributed by atoms with Crippen molar-refractivity contribution in [1.82, 2.24) is 0 Å². The number of hydrogen-bond acceptors (Lipinski definition) is 3. The van der Waals surface area contributed by atoms with E-state index in [1.165, 1.54) is 0 Å². The lowest BCUT2D eigenvalue weighted by molar-refractivity contribution is 0.281. The molecule has 0 aliphatic carbocycles. The minimum absolute atomic E-state index is 0.0000205. The molecule has 0 fully saturated rings. The van der Waals surface area contributed by atoms with Crippen LogP contribution in [0.4, 0.5) is 0 Å². The van der Waals surface area contributed by atoms with Gasteiger partial charge in [0.25, 0.3) is 0 Å². The molecule has 0 amide bonds. The van der Waals surface area contributed by atoms with Gasteiger partial charge in [0.1, 0.15) is 11.5 Å². The maximum Gasteiger partial charge on any atom is 0.141 e. The first kappa shape index (κ1) is 14.1. The number of rotatable bonds is 5. The molecule has 0 aliphatic heterocycles. The summed E-state index contributed by atoms with van der Waals surface area (Å²) in [7, 11) is 0. The number of para-hydroxylation sites is 1. The lowest BCUT2D eigenvalue weighted by Crippen LogP contribution is -1.95. The van der Waals surface area contributed by atoms with Crippen LogP contribution in [0.15, 0.2) is 46.9 Å². The number of aliphatic hydroxyl groups is 2. The van der Waals surface area contributed by atoms with Crippen molar-refractivity contribution in [2.45, 2.75) is 13.0 Å². The molecule has 19 heavy (non-hydrogen) atoms. The average Bonchev–Trinajstić information content (AvgIpc) is 2.43. The molecule has 0 saturated heterocycles. The highest BCUT2D eigenvalue weighted by Crippen LogP contribution is 2.32. The third-order valence-corrected chi connectivity index (χ3v) is 3.37. The smallest absolute Gasteiger partial charge is 0.141 e. The summed E-state index contributed by atoms with van der Waals surface area (Å²) < 4.78 is 6.64. The fraction of sp³-hybridized carbons (Fsp3) is 0.200. The first-order valence-corrected chi connectivity index (χ1v) is 6.80. The van der Waals surface area contributed by atoms with E-state index in [1.54, 1.807) is 0 Å². The number of ether oxygens (including phenoxy) is 1. The van der Waals surface area contributed by atoms with E-state index in [2.05, 4.69) is 15.9 Å². The van der Waals surface area contributed by atoms with Gasteiger partial charge in [0.2, 0.25) is 0 Å². The Morgan fingerprint density at radius 3 is 2.47 bits per heavy atom. The number of benzene rings is 2. The largest absolute Gasteiger partial charge is 0.456 e. The minimum atomic E-state index is -0.0000205. The van der Waals surface area contributed by atoms with Gasteiger partial charge in [0, 0.05) is 6.61 Å². The standard InChI is InChI=1S/C15H15BrO3/c16-13-9-11(10-18)5-6-15(13)19-14-4-2-1-3-12(14)7-8-17/h1-6,9,17-18H,7-8,10H2. The third-order valence-electron chi connectivity index (χ3n) is 2.75. The van der Waals surface area contributed by atoms with E-state index in [4.69, 9.17) is 14.9 Å². The molecule has 0 atom stereocenters. The Morgan fingerprint density at radius 2 is 1.79 bits per heavy atom. The van der Waals surface area contributed by atoms with Crippen molar-refractivity contribution in [2.75, 3.05) is 6.61 Å². The maximum absolute atomic E-state index is 9.07. The second kappa shape index (κ2) is 6.70. The average molecular weight is 323 g/mol. The zero-order valence-corrected chi connectivity index (χ0v) is 11.9. The van der Waals surface area contributed by atoms with Gasteiger partial charge in [-0.25, -0.2) is 0 Å². The van der Waals surface area contributed by atoms with Crippen molar-refractivity contribution in [2.24, 2.45) is 0 Å². The van der Waals surface area contributed by atoms with E-state index in [0.717, 1.165) is 21.3 Å². The number of hydrogen-bond donors (Lipinski definition) is 2. The molecule has 0 spiro atoms. The number of halogens is 1. The quantitative estimate of drug-likeness (QED) is 0.888. The van der Waals surface area contributed by atoms with Crippen LogP contribution in [0.1, 0.15) is 11.1 Å². The maximum atomic E-state index is 9.07. The zero-order valence-electron chi connectivity index (χ0n) is 10.3. The topological polar surface area (TPSA) is 49.7 Å². The van der Waals surface area contributed by atoms with Crippen molar-refractivity contribution in [3.63, 3.8) is 0 Å². The highest BCUT2D eigenvalue weighted by Gasteiger charge is 2.07. The molecule has 2 N–H and O–H groups in total. The summed E-state index contributed by atoms with van der Waals surface area (Å²) in [5, 5.41) is 18.1. The molecule has 0 aromatic heterocycles. The fourth-order valence-electron chi connectivity index (χ4n) is 1.77. The molecule has 2 aromatic rings. The predicted molar refractivity (Wildman–Crippen MR) is 77.4 cm³/mol. The van der Waals surface area contributed by atoms with Crippen molar-refractivity contribution >= 4 is 15.9 Å². The highest BCUT2D eigenvalue weighted by atomic mass is 79.9. The van der Waals surface area contributed by atoms with Crippen LogP contribution >= 0.6 is 15.9 Å². The van der Waals surface area contributed by atoms with E-state index in [0.29, 0.717) is 12.2 Å². The van der Waals surface area contributed by atoms with Gasteiger partial charge < -0.3 is 14.9 Å². The third kappa shape index (κ3) is 3.56. The van der Waals surface area contributed by atoms with E-state index in [1.807, 2.05) is 42.5 Å². The van der Waals surface area contributed by atoms with Gasteiger partial charge >= 0.3 is 0 Å². The van der Waals surface area contributed by atoms with Crippen LogP contribution in [-0.2, 0) is 13.0 Å². The summed E-state index contributed by atoms with van der Waals surface area (Å²) in [6.45, 7) is 0.0883. The highest BCUT2D eigenvalue weighted by molar-refractivity contribution is 9.10. The first-order chi connectivity index (χ1) is 9.24. The second-order valence-corrected chi connectivity index (χ2v) is 4.96. The summed E-state index contributed by atoms with van der Waals surface area (Å²) in [6, 6.07) is 13.1. The summed E-state index contributed by atoms with van der Waals surface area (Å²) in [5.41, 5.74) is 1.78. The SMILES string of the molecule is OCCc1ccccc1Oc1ccc(CO)cc1Br. The molecule has 2 aromatic carbocycles. The molecule has 3 nitrogen and oxygen atoms in total. The normalized spacial score (nSPS) is 10.5. The fourth-order valence-corrected chi connectivity index (χ4v) is 2.28. The molecule has 0 saturated carbocycles. The van der Waals surface area contributed by atoms with Gasteiger partial charge in [0.05, 0.1) is 11.1 Å². The first-order valence-electron chi connectivity index (χ1n) is 6.00. The summed E-state index contributed by atoms with van der Waals surface area (Å²) in [5.74, 6) is 1.41. The Kier molecular flexibility index (Phi) is 4.96. The van der Waals surface area contributed by atoms with Gasteiger partial charge in [-0.05, 0) is 51.7 Å². The van der Waals surface area contributed by atoms with Crippen LogP contribution in [0.3, 0.4) is 0 Å². The zero-order chi connectivity index (χ0) is 13.7. The van der Waals surface area contributed by atoms with Crippen LogP contribution in [-0.4, -0.2) is 16.8 Å². The van der Waals surface area contributed by atoms with Crippen molar-refractivity contribution in [3.05, 3.63) is 58.1 Å². The van der Waals surface area contributed by atoms with Crippen LogP contribution in [0.2, 0.25) is 0 Å². The minimum Gasteiger partial charge on any atom is -0.456 e. The molecule has 0 bridgehead atoms. The molecular weight excluding hydrogens is 308 g/mol. The molecule has 0 heterocycles. The van der Waals surface area contributed by atoms with Gasteiger partial charge in [-0.2, -0.15) is 0 Å². The molecule has 4 heteroatoms. The van der Waals surface area contributed by atoms with Gasteiger partial charge in [-0.15, -0.1) is 0 Å². The summed E-state index contributed by atoms with van der Waals surface area (Å²) in [4.78, 5) is 0. The Labute approximate surface area is 120 Å². The van der Waals surface area contributed by atoms with Crippen LogP contribution in [0.5, 0.6) is 11.5 Å². The van der Waals surface area contributed by atoms with Crippen LogP contribution in [0, 0.1) is 0 Å². The van der Waals surface area contributed by atoms with E-state index >= 15 is 0 Å². The lowest BCUT2D eigenvalue weighted by atomic mass is 10.1. The Morgan fingerprint density at radius 1 is 1.00 bits per heavy atom. The van der Waals surface area contributed by atoms with Crippen molar-refractivity contribution in [3.8, 4) is 11.5 Å². The van der Waals surface area contributed by atoms with Gasteiger partial charge in [-0.3, -0.25) is 0 Å². The summed E-state index contributed by atoms with van der Waals surface area (Å²) >= 11 is 3.42. The molecule has 0 unspecified atom stereocenters. The van der Waals surface area contributed by atoms with E-state index < -0.39 is 0 Å².